The molecule has 134 valence electrons. The van der Waals surface area contributed by atoms with E-state index in [1.54, 1.807) is 0 Å². The predicted molar refractivity (Wildman–Crippen MR) is 88.0 cm³/mol. The number of nitrogens with zero attached hydrogens (tertiary/aromatic N) is 1. The van der Waals surface area contributed by atoms with Crippen LogP contribution in [0.3, 0.4) is 0 Å². The normalized spacial score (nSPS) is 19.2. The standard InChI is InChI=1S/C16H23NO6S/c1-3-9-23-13-5-4-8-17(11-13)24(20,21)15-10-12(16(18)19)6-7-14(15)22-2/h6-7,10,13H,3-5,8-9,11H2,1-2H3,(H,18,19). The summed E-state index contributed by atoms with van der Waals surface area (Å²) in [6.07, 6.45) is 2.26. The molecule has 1 N–H and O–H groups in total. The molecular weight excluding hydrogens is 334 g/mol. The van der Waals surface area contributed by atoms with Crippen LogP contribution in [0.15, 0.2) is 23.1 Å². The Kier molecular flexibility index (Phi) is 6.20. The molecule has 1 aliphatic heterocycles. The molecule has 1 fully saturated rings. The van der Waals surface area contributed by atoms with Gasteiger partial charge in [-0.1, -0.05) is 6.92 Å². The molecule has 8 heteroatoms. The minimum absolute atomic E-state index is 0.0924. The lowest BCUT2D eigenvalue weighted by Crippen LogP contribution is -2.43. The van der Waals surface area contributed by atoms with E-state index >= 15 is 0 Å². The lowest BCUT2D eigenvalue weighted by Gasteiger charge is -2.32. The molecule has 2 rings (SSSR count). The Morgan fingerprint density at radius 1 is 1.42 bits per heavy atom. The van der Waals surface area contributed by atoms with E-state index in [-0.39, 0.29) is 28.9 Å². The molecule has 1 aromatic rings. The lowest BCUT2D eigenvalue weighted by atomic mass is 10.1. The molecule has 1 heterocycles. The SMILES string of the molecule is CCCOC1CCCN(S(=O)(=O)c2cc(C(=O)O)ccc2OC)C1. The Labute approximate surface area is 142 Å². The van der Waals surface area contributed by atoms with Crippen molar-refractivity contribution >= 4 is 16.0 Å². The highest BCUT2D eigenvalue weighted by Crippen LogP contribution is 2.30. The average Bonchev–Trinajstić information content (AvgIpc) is 2.59. The molecule has 1 unspecified atom stereocenters. The van der Waals surface area contributed by atoms with E-state index in [4.69, 9.17) is 14.6 Å². The summed E-state index contributed by atoms with van der Waals surface area (Å²) in [6.45, 7) is 3.24. The third kappa shape index (κ3) is 4.06. The smallest absolute Gasteiger partial charge is 0.335 e. The van der Waals surface area contributed by atoms with Gasteiger partial charge in [0, 0.05) is 19.7 Å². The number of piperidine rings is 1. The first-order valence-corrected chi connectivity index (χ1v) is 9.37. The van der Waals surface area contributed by atoms with Crippen molar-refractivity contribution in [2.75, 3.05) is 26.8 Å². The number of benzene rings is 1. The fourth-order valence-electron chi connectivity index (χ4n) is 2.69. The van der Waals surface area contributed by atoms with Gasteiger partial charge in [-0.3, -0.25) is 0 Å². The van der Waals surface area contributed by atoms with E-state index in [2.05, 4.69) is 0 Å². The van der Waals surface area contributed by atoms with Crippen LogP contribution in [-0.4, -0.2) is 56.7 Å². The second-order valence-corrected chi connectivity index (χ2v) is 7.58. The van der Waals surface area contributed by atoms with Gasteiger partial charge < -0.3 is 14.6 Å². The predicted octanol–water partition coefficient (Wildman–Crippen LogP) is 1.97. The second-order valence-electron chi connectivity index (χ2n) is 5.67. The number of rotatable bonds is 7. The van der Waals surface area contributed by atoms with Gasteiger partial charge in [0.05, 0.1) is 18.8 Å². The quantitative estimate of drug-likeness (QED) is 0.802. The van der Waals surface area contributed by atoms with E-state index in [0.29, 0.717) is 19.6 Å². The number of aromatic carboxylic acids is 1. The van der Waals surface area contributed by atoms with Crippen LogP contribution in [0, 0.1) is 0 Å². The first-order valence-electron chi connectivity index (χ1n) is 7.93. The summed E-state index contributed by atoms with van der Waals surface area (Å²) >= 11 is 0. The van der Waals surface area contributed by atoms with Crippen LogP contribution in [0.25, 0.3) is 0 Å². The van der Waals surface area contributed by atoms with Crippen molar-refractivity contribution in [3.63, 3.8) is 0 Å². The fourth-order valence-corrected chi connectivity index (χ4v) is 4.39. The molecule has 1 aliphatic rings. The van der Waals surface area contributed by atoms with Crippen molar-refractivity contribution < 1.29 is 27.8 Å². The van der Waals surface area contributed by atoms with Gasteiger partial charge >= 0.3 is 5.97 Å². The Bertz CT molecular complexity index is 688. The maximum atomic E-state index is 13.0. The van der Waals surface area contributed by atoms with Gasteiger partial charge in [-0.15, -0.1) is 0 Å². The Balaban J connectivity index is 2.32. The molecule has 0 amide bonds. The van der Waals surface area contributed by atoms with Crippen LogP contribution >= 0.6 is 0 Å². The zero-order valence-electron chi connectivity index (χ0n) is 13.9. The monoisotopic (exact) mass is 357 g/mol. The van der Waals surface area contributed by atoms with Crippen LogP contribution in [0.1, 0.15) is 36.5 Å². The van der Waals surface area contributed by atoms with Crippen molar-refractivity contribution in [2.45, 2.75) is 37.2 Å². The fraction of sp³-hybridized carbons (Fsp3) is 0.562. The molecule has 0 radical (unpaired) electrons. The summed E-state index contributed by atoms with van der Waals surface area (Å²) < 4.78 is 38.1. The van der Waals surface area contributed by atoms with Crippen LogP contribution < -0.4 is 4.74 Å². The first-order chi connectivity index (χ1) is 11.4. The summed E-state index contributed by atoms with van der Waals surface area (Å²) in [4.78, 5) is 11.0. The summed E-state index contributed by atoms with van der Waals surface area (Å²) in [5.41, 5.74) is -0.0924. The van der Waals surface area contributed by atoms with E-state index in [9.17, 15) is 13.2 Å². The van der Waals surface area contributed by atoms with Gasteiger partial charge in [0.2, 0.25) is 10.0 Å². The zero-order valence-corrected chi connectivity index (χ0v) is 14.7. The van der Waals surface area contributed by atoms with Crippen molar-refractivity contribution in [3.8, 4) is 5.75 Å². The zero-order chi connectivity index (χ0) is 17.7. The number of carboxylic acids is 1. The largest absolute Gasteiger partial charge is 0.495 e. The van der Waals surface area contributed by atoms with Gasteiger partial charge in [-0.2, -0.15) is 4.31 Å². The maximum absolute atomic E-state index is 13.0. The van der Waals surface area contributed by atoms with Crippen LogP contribution in [0.4, 0.5) is 0 Å². The van der Waals surface area contributed by atoms with Crippen molar-refractivity contribution in [2.24, 2.45) is 0 Å². The van der Waals surface area contributed by atoms with Gasteiger partial charge in [0.15, 0.2) is 0 Å². The summed E-state index contributed by atoms with van der Waals surface area (Å²) in [5, 5.41) is 9.12. The number of hydrogen-bond donors (Lipinski definition) is 1. The van der Waals surface area contributed by atoms with Crippen LogP contribution in [0.2, 0.25) is 0 Å². The molecule has 0 spiro atoms. The lowest BCUT2D eigenvalue weighted by molar-refractivity contribution is 0.0193. The number of methoxy groups -OCH3 is 1. The molecule has 1 saturated heterocycles. The highest BCUT2D eigenvalue weighted by atomic mass is 32.2. The Hall–Kier alpha value is -1.64. The van der Waals surface area contributed by atoms with Gasteiger partial charge in [-0.05, 0) is 37.5 Å². The molecule has 1 aromatic carbocycles. The van der Waals surface area contributed by atoms with Crippen molar-refractivity contribution in [1.29, 1.82) is 0 Å². The molecule has 0 aromatic heterocycles. The molecule has 0 bridgehead atoms. The highest BCUT2D eigenvalue weighted by Gasteiger charge is 2.33. The maximum Gasteiger partial charge on any atom is 0.335 e. The van der Waals surface area contributed by atoms with Crippen LogP contribution in [0.5, 0.6) is 5.75 Å². The molecule has 7 nitrogen and oxygen atoms in total. The number of carbonyl (C=O) groups is 1. The Morgan fingerprint density at radius 2 is 2.17 bits per heavy atom. The summed E-state index contributed by atoms with van der Waals surface area (Å²) in [5.74, 6) is -1.05. The van der Waals surface area contributed by atoms with Crippen molar-refractivity contribution in [3.05, 3.63) is 23.8 Å². The second kappa shape index (κ2) is 7.96. The molecule has 1 atom stereocenters. The van der Waals surface area contributed by atoms with Crippen LogP contribution in [-0.2, 0) is 14.8 Å². The molecule has 24 heavy (non-hydrogen) atoms. The summed E-state index contributed by atoms with van der Waals surface area (Å²) in [7, 11) is -2.49. The van der Waals surface area contributed by atoms with E-state index in [0.717, 1.165) is 18.9 Å². The minimum atomic E-state index is -3.85. The number of sulfonamides is 1. The van der Waals surface area contributed by atoms with Gasteiger partial charge in [0.25, 0.3) is 0 Å². The average molecular weight is 357 g/mol. The van der Waals surface area contributed by atoms with E-state index < -0.39 is 16.0 Å². The minimum Gasteiger partial charge on any atom is -0.495 e. The Morgan fingerprint density at radius 3 is 2.79 bits per heavy atom. The number of hydrogen-bond acceptors (Lipinski definition) is 5. The summed E-state index contributed by atoms with van der Waals surface area (Å²) in [6, 6.07) is 3.84. The third-order valence-corrected chi connectivity index (χ3v) is 5.81. The molecule has 0 aliphatic carbocycles. The van der Waals surface area contributed by atoms with Gasteiger partial charge in [-0.25, -0.2) is 13.2 Å². The molecular formula is C16H23NO6S. The number of ether oxygens (including phenoxy) is 2. The number of carboxylic acid groups (broad SMARTS) is 1. The molecule has 0 saturated carbocycles. The van der Waals surface area contributed by atoms with E-state index in [1.807, 2.05) is 6.92 Å². The third-order valence-electron chi connectivity index (χ3n) is 3.93. The highest BCUT2D eigenvalue weighted by molar-refractivity contribution is 7.89. The van der Waals surface area contributed by atoms with Gasteiger partial charge in [0.1, 0.15) is 10.6 Å². The topological polar surface area (TPSA) is 93.1 Å². The first kappa shape index (κ1) is 18.7. The van der Waals surface area contributed by atoms with E-state index in [1.165, 1.54) is 23.5 Å². The van der Waals surface area contributed by atoms with Crippen molar-refractivity contribution in [1.82, 2.24) is 4.31 Å².